The maximum Gasteiger partial charge on any atom is 0 e. The Balaban J connectivity index is -0.00000000750. The van der Waals surface area contributed by atoms with Crippen LogP contribution in [-0.4, -0.2) is 54.1 Å². The van der Waals surface area contributed by atoms with Crippen LogP contribution < -0.4 is 0 Å². The fraction of sp³-hybridized carbons (Fsp3) is 0. The molecule has 0 aliphatic heterocycles. The van der Waals surface area contributed by atoms with Crippen LogP contribution >= 0.6 is 0 Å². The van der Waals surface area contributed by atoms with Crippen LogP contribution in [0.4, 0.5) is 4.79 Å². The fourth-order valence-corrected chi connectivity index (χ4v) is 0. The van der Waals surface area contributed by atoms with Crippen LogP contribution in [0.25, 0.3) is 0 Å². The van der Waals surface area contributed by atoms with Crippen molar-refractivity contribution in [3.8, 4) is 0 Å². The monoisotopic (exact) mass is 281 g/mol. The zero-order valence-corrected chi connectivity index (χ0v) is 5.98. The maximum absolute atomic E-state index is 8.56. The van der Waals surface area contributed by atoms with E-state index >= 15 is 0 Å². The molecule has 0 saturated heterocycles. The summed E-state index contributed by atoms with van der Waals surface area (Å²) in [5.74, 6) is 0. The second-order valence-electron chi connectivity index (χ2n) is 0.283. The van der Waals surface area contributed by atoms with Gasteiger partial charge in [-0.2, -0.15) is 0 Å². The predicted octanol–water partition coefficient (Wildman–Crippen LogP) is -0.701. The minimum atomic E-state index is -1.83. The molecule has 3 nitrogen and oxygen atoms in total. The molecule has 0 aromatic carbocycles. The normalized spacial score (nSPS) is 3.00. The molecule has 0 aromatic heterocycles. The molecule has 0 fully saturated rings. The van der Waals surface area contributed by atoms with Crippen molar-refractivity contribution in [2.45, 2.75) is 0 Å². The smallest absolute Gasteiger partial charge is 0 e. The molecular weight excluding hydrogens is 278 g/mol. The summed E-state index contributed by atoms with van der Waals surface area (Å²) in [5.41, 5.74) is 0. The second-order valence-corrected chi connectivity index (χ2v) is 0.283. The molecule has 2 N–H and O–H groups in total. The summed E-state index contributed by atoms with van der Waals surface area (Å²) in [5, 5.41) is 13.9. The SMILES string of the molecule is O=C(O)O.[CaH2].[Co].[Cu].[Mn]. The topological polar surface area (TPSA) is 57.5 Å². The van der Waals surface area contributed by atoms with Crippen molar-refractivity contribution in [3.05, 3.63) is 0 Å². The van der Waals surface area contributed by atoms with Gasteiger partial charge in [0.1, 0.15) is 0 Å². The Kier molecular flexibility index (Phi) is 92.5. The van der Waals surface area contributed by atoms with Gasteiger partial charge in [0.25, 0.3) is 0 Å². The van der Waals surface area contributed by atoms with E-state index in [-0.39, 0.29) is 88.7 Å². The van der Waals surface area contributed by atoms with E-state index < -0.39 is 6.16 Å². The summed E-state index contributed by atoms with van der Waals surface area (Å²) in [6, 6.07) is 0. The van der Waals surface area contributed by atoms with Gasteiger partial charge < -0.3 is 10.2 Å². The molecule has 0 atom stereocenters. The van der Waals surface area contributed by atoms with Crippen LogP contribution in [-0.2, 0) is 50.9 Å². The van der Waals surface area contributed by atoms with Gasteiger partial charge in [-0.25, -0.2) is 4.79 Å². The zero-order chi connectivity index (χ0) is 3.58. The van der Waals surface area contributed by atoms with Gasteiger partial charge in [-0.1, -0.05) is 0 Å². The summed E-state index contributed by atoms with van der Waals surface area (Å²) in [4.78, 5) is 8.56. The first-order valence-electron chi connectivity index (χ1n) is 0.651. The Hall–Kier alpha value is 2.08. The molecular formula is CH4CaCoCuMnO3. The molecule has 0 rings (SSSR count). The molecule has 3 radical (unpaired) electrons. The van der Waals surface area contributed by atoms with E-state index in [1.807, 2.05) is 0 Å². The third-order valence-electron chi connectivity index (χ3n) is 0. The molecule has 0 aromatic rings. The van der Waals surface area contributed by atoms with Gasteiger partial charge in [0.05, 0.1) is 0 Å². The van der Waals surface area contributed by atoms with Crippen molar-refractivity contribution >= 4 is 43.9 Å². The minimum absolute atomic E-state index is 0. The van der Waals surface area contributed by atoms with Gasteiger partial charge in [0, 0.05) is 50.9 Å². The maximum atomic E-state index is 8.56. The third-order valence-corrected chi connectivity index (χ3v) is 0. The summed E-state index contributed by atoms with van der Waals surface area (Å²) in [6.45, 7) is 0. The zero-order valence-electron chi connectivity index (χ0n) is 2.82. The predicted molar refractivity (Wildman–Crippen MR) is 19.2 cm³/mol. The van der Waals surface area contributed by atoms with Gasteiger partial charge >= 0.3 is 43.9 Å². The van der Waals surface area contributed by atoms with Crippen LogP contribution in [0.5, 0.6) is 0 Å². The average molecular weight is 282 g/mol. The molecule has 0 saturated carbocycles. The van der Waals surface area contributed by atoms with Crippen LogP contribution in [0, 0.1) is 0 Å². The van der Waals surface area contributed by atoms with Crippen molar-refractivity contribution in [2.75, 3.05) is 0 Å². The number of hydrogen-bond donors (Lipinski definition) is 2. The first-order valence-corrected chi connectivity index (χ1v) is 0.651. The van der Waals surface area contributed by atoms with Gasteiger partial charge in [0.15, 0.2) is 0 Å². The minimum Gasteiger partial charge on any atom is 0 e. The Morgan fingerprint density at radius 1 is 1.25 bits per heavy atom. The van der Waals surface area contributed by atoms with Crippen LogP contribution in [0.3, 0.4) is 0 Å². The largest absolute Gasteiger partial charge is 0 e. The van der Waals surface area contributed by atoms with Crippen LogP contribution in [0.2, 0.25) is 0 Å². The molecule has 0 aliphatic rings. The molecule has 0 amide bonds. The van der Waals surface area contributed by atoms with Crippen molar-refractivity contribution < 1.29 is 65.9 Å². The van der Waals surface area contributed by atoms with E-state index in [1.54, 1.807) is 0 Å². The first kappa shape index (κ1) is 32.2. The standard InChI is InChI=1S/CH2O3.Ca.Co.Cu.Mn.2H/c2-1(3)4;;;;;;/h(H2,2,3,4);;;;;;. The molecule has 7 heteroatoms. The fourth-order valence-electron chi connectivity index (χ4n) is 0. The Labute approximate surface area is 108 Å². The van der Waals surface area contributed by atoms with E-state index in [0.717, 1.165) is 0 Å². The molecule has 8 heavy (non-hydrogen) atoms. The summed E-state index contributed by atoms with van der Waals surface area (Å²) >= 11 is 0. The summed E-state index contributed by atoms with van der Waals surface area (Å²) in [7, 11) is 0. The van der Waals surface area contributed by atoms with Crippen LogP contribution in [0.15, 0.2) is 0 Å². The second kappa shape index (κ2) is 23.0. The van der Waals surface area contributed by atoms with E-state index in [4.69, 9.17) is 15.0 Å². The van der Waals surface area contributed by atoms with Gasteiger partial charge in [-0.05, 0) is 0 Å². The molecule has 0 aliphatic carbocycles. The van der Waals surface area contributed by atoms with Crippen molar-refractivity contribution in [3.63, 3.8) is 0 Å². The van der Waals surface area contributed by atoms with E-state index in [1.165, 1.54) is 0 Å². The van der Waals surface area contributed by atoms with Gasteiger partial charge in [-0.15, -0.1) is 0 Å². The van der Waals surface area contributed by atoms with Crippen molar-refractivity contribution in [2.24, 2.45) is 0 Å². The molecule has 55 valence electrons. The first-order chi connectivity index (χ1) is 1.73. The van der Waals surface area contributed by atoms with Crippen LogP contribution in [0.1, 0.15) is 0 Å². The van der Waals surface area contributed by atoms with Gasteiger partial charge in [0.2, 0.25) is 0 Å². The van der Waals surface area contributed by atoms with Gasteiger partial charge in [-0.3, -0.25) is 0 Å². The Bertz CT molecular complexity index is 42.3. The molecule has 0 bridgehead atoms. The number of carboxylic acid groups (broad SMARTS) is 2. The number of hydrogen-bond acceptors (Lipinski definition) is 1. The third kappa shape index (κ3) is 93.9. The van der Waals surface area contributed by atoms with E-state index in [2.05, 4.69) is 0 Å². The number of carbonyl (C=O) groups is 1. The molecule has 0 heterocycles. The molecule has 0 unspecified atom stereocenters. The summed E-state index contributed by atoms with van der Waals surface area (Å²) < 4.78 is 0. The number of rotatable bonds is 0. The average Bonchev–Trinajstić information content (AvgIpc) is 0.811. The van der Waals surface area contributed by atoms with Crippen molar-refractivity contribution in [1.82, 2.24) is 0 Å². The Morgan fingerprint density at radius 2 is 1.25 bits per heavy atom. The summed E-state index contributed by atoms with van der Waals surface area (Å²) in [6.07, 6.45) is -1.83. The Morgan fingerprint density at radius 3 is 1.25 bits per heavy atom. The quantitative estimate of drug-likeness (QED) is 0.577. The molecule has 0 spiro atoms. The van der Waals surface area contributed by atoms with E-state index in [9.17, 15) is 0 Å². The van der Waals surface area contributed by atoms with Crippen molar-refractivity contribution in [1.29, 1.82) is 0 Å². The van der Waals surface area contributed by atoms with E-state index in [0.29, 0.717) is 0 Å².